The predicted molar refractivity (Wildman–Crippen MR) is 99.5 cm³/mol. The molecule has 0 saturated carbocycles. The molecule has 9 heteroatoms. The van der Waals surface area contributed by atoms with Crippen molar-refractivity contribution in [1.29, 1.82) is 0 Å². The van der Waals surface area contributed by atoms with Crippen LogP contribution in [0.3, 0.4) is 0 Å². The fraction of sp³-hybridized carbons (Fsp3) is 0.158. The summed E-state index contributed by atoms with van der Waals surface area (Å²) in [6.07, 6.45) is 3.03. The Morgan fingerprint density at radius 3 is 2.75 bits per heavy atom. The van der Waals surface area contributed by atoms with E-state index >= 15 is 0 Å². The van der Waals surface area contributed by atoms with E-state index in [9.17, 15) is 9.18 Å². The average Bonchev–Trinajstić information content (AvgIpc) is 3.19. The normalized spacial score (nSPS) is 10.8. The fourth-order valence-electron chi connectivity index (χ4n) is 2.48. The molecule has 1 N–H and O–H groups in total. The van der Waals surface area contributed by atoms with Gasteiger partial charge in [-0.2, -0.15) is 4.68 Å². The first-order chi connectivity index (χ1) is 13.6. The Kier molecular flexibility index (Phi) is 5.95. The van der Waals surface area contributed by atoms with Crippen molar-refractivity contribution >= 4 is 12.0 Å². The summed E-state index contributed by atoms with van der Waals surface area (Å²) in [5.74, 6) is 0.815. The predicted octanol–water partition coefficient (Wildman–Crippen LogP) is 2.15. The van der Waals surface area contributed by atoms with Crippen molar-refractivity contribution in [2.45, 2.75) is 6.54 Å². The van der Waals surface area contributed by atoms with Gasteiger partial charge < -0.3 is 14.8 Å². The Morgan fingerprint density at radius 2 is 2.00 bits per heavy atom. The lowest BCUT2D eigenvalue weighted by molar-refractivity contribution is -0.116. The molecule has 1 heterocycles. The number of aromatic nitrogens is 4. The molecule has 0 fully saturated rings. The Labute approximate surface area is 160 Å². The number of ether oxygens (including phenoxy) is 2. The van der Waals surface area contributed by atoms with Crippen LogP contribution in [0, 0.1) is 5.82 Å². The van der Waals surface area contributed by atoms with Crippen molar-refractivity contribution in [3.63, 3.8) is 0 Å². The molecule has 0 saturated heterocycles. The van der Waals surface area contributed by atoms with Crippen LogP contribution in [0.25, 0.3) is 11.8 Å². The van der Waals surface area contributed by atoms with E-state index in [4.69, 9.17) is 9.47 Å². The number of nitrogens with one attached hydrogen (secondary N) is 1. The van der Waals surface area contributed by atoms with Gasteiger partial charge in [-0.15, -0.1) is 5.10 Å². The lowest BCUT2D eigenvalue weighted by atomic mass is 10.2. The molecule has 0 unspecified atom stereocenters. The second kappa shape index (κ2) is 8.76. The van der Waals surface area contributed by atoms with E-state index in [0.717, 1.165) is 5.56 Å². The molecule has 0 radical (unpaired) electrons. The fourth-order valence-corrected chi connectivity index (χ4v) is 2.48. The molecule has 1 aromatic heterocycles. The van der Waals surface area contributed by atoms with Crippen LogP contribution < -0.4 is 14.8 Å². The maximum absolute atomic E-state index is 13.4. The van der Waals surface area contributed by atoms with Crippen molar-refractivity contribution in [3.8, 4) is 17.2 Å². The standard InChI is InChI=1S/C19H18FN5O3/c1-27-16-8-6-13(10-17(16)28-2)7-9-19(26)21-12-18-22-23-24-25(18)15-5-3-4-14(20)11-15/h3-11H,12H2,1-2H3,(H,21,26)/b9-7-. The van der Waals surface area contributed by atoms with Gasteiger partial charge in [0.1, 0.15) is 5.82 Å². The Hall–Kier alpha value is -3.75. The lowest BCUT2D eigenvalue weighted by Crippen LogP contribution is -2.22. The Morgan fingerprint density at radius 1 is 1.18 bits per heavy atom. The molecule has 3 rings (SSSR count). The number of hydrogen-bond acceptors (Lipinski definition) is 6. The van der Waals surface area contributed by atoms with Crippen LogP contribution in [0.4, 0.5) is 4.39 Å². The van der Waals surface area contributed by atoms with Gasteiger partial charge in [-0.3, -0.25) is 4.79 Å². The number of nitrogens with zero attached hydrogens (tertiary/aromatic N) is 4. The van der Waals surface area contributed by atoms with Crippen molar-refractivity contribution in [3.05, 3.63) is 65.7 Å². The zero-order valence-corrected chi connectivity index (χ0v) is 15.3. The van der Waals surface area contributed by atoms with Crippen LogP contribution in [0.2, 0.25) is 0 Å². The number of hydrogen-bond donors (Lipinski definition) is 1. The Balaban J connectivity index is 1.64. The molecule has 0 bridgehead atoms. The summed E-state index contributed by atoms with van der Waals surface area (Å²) in [5, 5.41) is 14.0. The van der Waals surface area contributed by atoms with Gasteiger partial charge >= 0.3 is 0 Å². The maximum Gasteiger partial charge on any atom is 0.244 e. The minimum atomic E-state index is -0.402. The smallest absolute Gasteiger partial charge is 0.244 e. The van der Waals surface area contributed by atoms with Gasteiger partial charge in [-0.05, 0) is 52.4 Å². The molecule has 3 aromatic rings. The highest BCUT2D eigenvalue weighted by molar-refractivity contribution is 5.91. The van der Waals surface area contributed by atoms with Gasteiger partial charge in [0.15, 0.2) is 17.3 Å². The number of carbonyl (C=O) groups is 1. The third kappa shape index (κ3) is 4.50. The number of rotatable bonds is 7. The van der Waals surface area contributed by atoms with Gasteiger partial charge in [-0.25, -0.2) is 4.39 Å². The molecule has 0 aliphatic heterocycles. The third-order valence-corrected chi connectivity index (χ3v) is 3.84. The second-order valence-corrected chi connectivity index (χ2v) is 5.65. The summed E-state index contributed by atoms with van der Waals surface area (Å²) in [7, 11) is 3.10. The SMILES string of the molecule is COc1ccc(/C=C\C(=O)NCc2nnnn2-c2cccc(F)c2)cc1OC. The number of carbonyl (C=O) groups excluding carboxylic acids is 1. The quantitative estimate of drug-likeness (QED) is 0.629. The number of amides is 1. The molecule has 0 spiro atoms. The molecule has 0 aliphatic rings. The lowest BCUT2D eigenvalue weighted by Gasteiger charge is -2.07. The molecule has 1 amide bonds. The van der Waals surface area contributed by atoms with Crippen LogP contribution in [0.15, 0.2) is 48.5 Å². The largest absolute Gasteiger partial charge is 0.493 e. The summed E-state index contributed by atoms with van der Waals surface area (Å²) in [6, 6.07) is 11.2. The molecular formula is C19H18FN5O3. The molecule has 0 aliphatic carbocycles. The molecule has 8 nitrogen and oxygen atoms in total. The van der Waals surface area contributed by atoms with Crippen LogP contribution >= 0.6 is 0 Å². The van der Waals surface area contributed by atoms with E-state index in [1.807, 2.05) is 0 Å². The minimum Gasteiger partial charge on any atom is -0.493 e. The number of halogens is 1. The average molecular weight is 383 g/mol. The van der Waals surface area contributed by atoms with E-state index in [1.165, 1.54) is 22.9 Å². The highest BCUT2D eigenvalue weighted by Gasteiger charge is 2.10. The van der Waals surface area contributed by atoms with E-state index in [1.54, 1.807) is 50.6 Å². The van der Waals surface area contributed by atoms with Crippen LogP contribution in [0.5, 0.6) is 11.5 Å². The summed E-state index contributed by atoms with van der Waals surface area (Å²) in [5.41, 5.74) is 1.24. The van der Waals surface area contributed by atoms with E-state index in [-0.39, 0.29) is 12.5 Å². The highest BCUT2D eigenvalue weighted by atomic mass is 19.1. The first-order valence-electron chi connectivity index (χ1n) is 8.32. The zero-order valence-electron chi connectivity index (χ0n) is 15.3. The summed E-state index contributed by atoms with van der Waals surface area (Å²) >= 11 is 0. The van der Waals surface area contributed by atoms with Gasteiger partial charge in [0.25, 0.3) is 0 Å². The number of tetrazole rings is 1. The van der Waals surface area contributed by atoms with Gasteiger partial charge in [0, 0.05) is 6.08 Å². The molecule has 2 aromatic carbocycles. The van der Waals surface area contributed by atoms with Gasteiger partial charge in [0.2, 0.25) is 5.91 Å². The summed E-state index contributed by atoms with van der Waals surface area (Å²) in [6.45, 7) is 0.0820. The zero-order chi connectivity index (χ0) is 19.9. The molecule has 28 heavy (non-hydrogen) atoms. The van der Waals surface area contributed by atoms with Crippen molar-refractivity contribution < 1.29 is 18.7 Å². The molecule has 144 valence electrons. The maximum atomic E-state index is 13.4. The monoisotopic (exact) mass is 383 g/mol. The molecular weight excluding hydrogens is 365 g/mol. The van der Waals surface area contributed by atoms with Crippen molar-refractivity contribution in [2.75, 3.05) is 14.2 Å². The van der Waals surface area contributed by atoms with Crippen LogP contribution in [0.1, 0.15) is 11.4 Å². The van der Waals surface area contributed by atoms with E-state index in [2.05, 4.69) is 20.8 Å². The second-order valence-electron chi connectivity index (χ2n) is 5.65. The topological polar surface area (TPSA) is 91.2 Å². The van der Waals surface area contributed by atoms with Crippen molar-refractivity contribution in [1.82, 2.24) is 25.5 Å². The summed E-state index contributed by atoms with van der Waals surface area (Å²) in [4.78, 5) is 12.1. The minimum absolute atomic E-state index is 0.0820. The number of benzene rings is 2. The van der Waals surface area contributed by atoms with Gasteiger partial charge in [-0.1, -0.05) is 12.1 Å². The van der Waals surface area contributed by atoms with Gasteiger partial charge in [0.05, 0.1) is 26.5 Å². The first kappa shape index (κ1) is 19.0. The Bertz CT molecular complexity index is 1000. The van der Waals surface area contributed by atoms with Crippen LogP contribution in [-0.4, -0.2) is 40.3 Å². The van der Waals surface area contributed by atoms with Crippen molar-refractivity contribution in [2.24, 2.45) is 0 Å². The highest BCUT2D eigenvalue weighted by Crippen LogP contribution is 2.27. The number of methoxy groups -OCH3 is 2. The molecule has 0 atom stereocenters. The van der Waals surface area contributed by atoms with E-state index in [0.29, 0.717) is 23.0 Å². The summed E-state index contributed by atoms with van der Waals surface area (Å²) < 4.78 is 25.2. The third-order valence-electron chi connectivity index (χ3n) is 3.84. The van der Waals surface area contributed by atoms with E-state index < -0.39 is 5.82 Å². The first-order valence-corrected chi connectivity index (χ1v) is 8.32. The van der Waals surface area contributed by atoms with Crippen LogP contribution in [-0.2, 0) is 11.3 Å².